The van der Waals surface area contributed by atoms with Gasteiger partial charge in [-0.2, -0.15) is 0 Å². The maximum Gasteiger partial charge on any atom is 0.261 e. The van der Waals surface area contributed by atoms with E-state index in [0.29, 0.717) is 0 Å². The Balaban J connectivity index is 3.02. The molecule has 0 aliphatic rings. The highest BCUT2D eigenvalue weighted by atomic mass is 35.7. The van der Waals surface area contributed by atoms with Crippen molar-refractivity contribution in [1.82, 2.24) is 5.32 Å². The van der Waals surface area contributed by atoms with E-state index in [4.69, 9.17) is 17.1 Å². The van der Waals surface area contributed by atoms with Crippen molar-refractivity contribution < 1.29 is 13.2 Å². The van der Waals surface area contributed by atoms with Gasteiger partial charge in [-0.15, -0.1) is 6.42 Å². The molecule has 1 rings (SSSR count). The molecule has 1 amide bonds. The fourth-order valence-electron chi connectivity index (χ4n) is 1.11. The van der Waals surface area contributed by atoms with Gasteiger partial charge < -0.3 is 5.32 Å². The smallest absolute Gasteiger partial charge is 0.261 e. The molecule has 90 valence electrons. The second-order valence-electron chi connectivity index (χ2n) is 3.33. The Kier molecular flexibility index (Phi) is 4.16. The summed E-state index contributed by atoms with van der Waals surface area (Å²) >= 11 is 0. The van der Waals surface area contributed by atoms with Crippen LogP contribution in [0.1, 0.15) is 17.3 Å². The van der Waals surface area contributed by atoms with Crippen LogP contribution in [-0.2, 0) is 9.05 Å². The molecule has 0 fully saturated rings. The molecule has 0 aliphatic carbocycles. The Hall–Kier alpha value is -1.51. The van der Waals surface area contributed by atoms with Gasteiger partial charge in [0, 0.05) is 16.2 Å². The number of benzene rings is 1. The lowest BCUT2D eigenvalue weighted by Gasteiger charge is -2.08. The van der Waals surface area contributed by atoms with Crippen molar-refractivity contribution in [2.24, 2.45) is 0 Å². The minimum atomic E-state index is -3.84. The minimum Gasteiger partial charge on any atom is -0.339 e. The third-order valence-corrected chi connectivity index (χ3v) is 3.33. The molecular formula is C11H10ClNO3S. The van der Waals surface area contributed by atoms with E-state index < -0.39 is 21.0 Å². The summed E-state index contributed by atoms with van der Waals surface area (Å²) in [5.41, 5.74) is 0.189. The molecule has 1 N–H and O–H groups in total. The highest BCUT2D eigenvalue weighted by Gasteiger charge is 2.13. The molecule has 0 saturated carbocycles. The fourth-order valence-corrected chi connectivity index (χ4v) is 1.91. The Morgan fingerprint density at radius 1 is 1.53 bits per heavy atom. The van der Waals surface area contributed by atoms with Gasteiger partial charge in [-0.3, -0.25) is 4.79 Å². The van der Waals surface area contributed by atoms with E-state index in [1.807, 2.05) is 0 Å². The fraction of sp³-hybridized carbons (Fsp3) is 0.182. The molecule has 0 bridgehead atoms. The summed E-state index contributed by atoms with van der Waals surface area (Å²) in [6.45, 7) is 1.64. The first-order chi connectivity index (χ1) is 7.84. The van der Waals surface area contributed by atoms with Gasteiger partial charge >= 0.3 is 0 Å². The zero-order valence-corrected chi connectivity index (χ0v) is 10.5. The summed E-state index contributed by atoms with van der Waals surface area (Å²) in [5, 5.41) is 2.51. The van der Waals surface area contributed by atoms with E-state index in [2.05, 4.69) is 11.2 Å². The van der Waals surface area contributed by atoms with Crippen molar-refractivity contribution in [2.75, 3.05) is 0 Å². The molecule has 1 aromatic carbocycles. The molecule has 17 heavy (non-hydrogen) atoms. The van der Waals surface area contributed by atoms with Crippen molar-refractivity contribution in [1.29, 1.82) is 0 Å². The van der Waals surface area contributed by atoms with Crippen LogP contribution >= 0.6 is 10.7 Å². The van der Waals surface area contributed by atoms with Crippen molar-refractivity contribution in [3.8, 4) is 12.3 Å². The van der Waals surface area contributed by atoms with Crippen LogP contribution in [0, 0.1) is 12.3 Å². The normalized spacial score (nSPS) is 12.5. The summed E-state index contributed by atoms with van der Waals surface area (Å²) < 4.78 is 22.2. The predicted octanol–water partition coefficient (Wildman–Crippen LogP) is 1.37. The molecule has 0 saturated heterocycles. The lowest BCUT2D eigenvalue weighted by Crippen LogP contribution is -2.31. The zero-order valence-electron chi connectivity index (χ0n) is 8.98. The van der Waals surface area contributed by atoms with Crippen LogP contribution in [0.25, 0.3) is 0 Å². The summed E-state index contributed by atoms with van der Waals surface area (Å²) in [6.07, 6.45) is 5.12. The van der Waals surface area contributed by atoms with E-state index in [9.17, 15) is 13.2 Å². The first kappa shape index (κ1) is 13.6. The van der Waals surface area contributed by atoms with Gasteiger partial charge in [-0.1, -0.05) is 12.0 Å². The number of terminal acetylenes is 1. The number of hydrogen-bond acceptors (Lipinski definition) is 3. The largest absolute Gasteiger partial charge is 0.339 e. The van der Waals surface area contributed by atoms with Gasteiger partial charge in [-0.05, 0) is 25.1 Å². The van der Waals surface area contributed by atoms with Crippen molar-refractivity contribution >= 4 is 25.6 Å². The quantitative estimate of drug-likeness (QED) is 0.667. The van der Waals surface area contributed by atoms with Crippen molar-refractivity contribution in [3.63, 3.8) is 0 Å². The monoisotopic (exact) mass is 271 g/mol. The van der Waals surface area contributed by atoms with Crippen LogP contribution < -0.4 is 5.32 Å². The summed E-state index contributed by atoms with van der Waals surface area (Å²) in [7, 11) is 1.34. The third-order valence-electron chi connectivity index (χ3n) is 1.98. The maximum absolute atomic E-state index is 11.6. The van der Waals surface area contributed by atoms with Crippen LogP contribution in [0.5, 0.6) is 0 Å². The van der Waals surface area contributed by atoms with E-state index in [0.717, 1.165) is 0 Å². The molecule has 1 unspecified atom stereocenters. The molecule has 0 heterocycles. The van der Waals surface area contributed by atoms with Gasteiger partial charge in [0.2, 0.25) is 0 Å². The molecule has 6 heteroatoms. The number of rotatable bonds is 3. The van der Waals surface area contributed by atoms with Gasteiger partial charge in [0.25, 0.3) is 15.0 Å². The van der Waals surface area contributed by atoms with Crippen LogP contribution in [0.3, 0.4) is 0 Å². The average Bonchev–Trinajstić information content (AvgIpc) is 2.28. The van der Waals surface area contributed by atoms with Crippen LogP contribution in [0.2, 0.25) is 0 Å². The average molecular weight is 272 g/mol. The zero-order chi connectivity index (χ0) is 13.1. The SMILES string of the molecule is C#CC(C)NC(=O)c1cccc(S(=O)(=O)Cl)c1. The van der Waals surface area contributed by atoms with Crippen LogP contribution in [-0.4, -0.2) is 20.4 Å². The molecule has 0 aromatic heterocycles. The van der Waals surface area contributed by atoms with Gasteiger partial charge in [-0.25, -0.2) is 8.42 Å². The van der Waals surface area contributed by atoms with Crippen LogP contribution in [0.4, 0.5) is 0 Å². The molecule has 4 nitrogen and oxygen atoms in total. The first-order valence-electron chi connectivity index (χ1n) is 4.66. The second kappa shape index (κ2) is 5.21. The van der Waals surface area contributed by atoms with Crippen molar-refractivity contribution in [3.05, 3.63) is 29.8 Å². The van der Waals surface area contributed by atoms with Gasteiger partial charge in [0.05, 0.1) is 10.9 Å². The second-order valence-corrected chi connectivity index (χ2v) is 5.89. The Morgan fingerprint density at radius 2 is 2.18 bits per heavy atom. The van der Waals surface area contributed by atoms with Crippen LogP contribution in [0.15, 0.2) is 29.2 Å². The Bertz CT molecular complexity index is 575. The number of hydrogen-bond donors (Lipinski definition) is 1. The number of nitrogens with one attached hydrogen (secondary N) is 1. The number of halogens is 1. The van der Waals surface area contributed by atoms with Gasteiger partial charge in [0.1, 0.15) is 0 Å². The summed E-state index contributed by atoms with van der Waals surface area (Å²) in [5.74, 6) is 1.89. The number of carbonyl (C=O) groups is 1. The summed E-state index contributed by atoms with van der Waals surface area (Å²) in [4.78, 5) is 11.5. The standard InChI is InChI=1S/C11H10ClNO3S/c1-3-8(2)13-11(14)9-5-4-6-10(7-9)17(12,15)16/h1,4-8H,2H3,(H,13,14). The topological polar surface area (TPSA) is 63.2 Å². The lowest BCUT2D eigenvalue weighted by atomic mass is 10.2. The molecule has 1 atom stereocenters. The number of carbonyl (C=O) groups excluding carboxylic acids is 1. The Morgan fingerprint density at radius 3 is 2.71 bits per heavy atom. The van der Waals surface area contributed by atoms with Gasteiger partial charge in [0.15, 0.2) is 0 Å². The molecule has 0 radical (unpaired) electrons. The lowest BCUT2D eigenvalue weighted by molar-refractivity contribution is 0.0948. The number of amides is 1. The maximum atomic E-state index is 11.6. The highest BCUT2D eigenvalue weighted by molar-refractivity contribution is 8.13. The Labute approximate surface area is 104 Å². The minimum absolute atomic E-state index is 0.125. The predicted molar refractivity (Wildman–Crippen MR) is 65.2 cm³/mol. The van der Waals surface area contributed by atoms with E-state index in [-0.39, 0.29) is 10.5 Å². The van der Waals surface area contributed by atoms with Crippen molar-refractivity contribution in [2.45, 2.75) is 17.9 Å². The summed E-state index contributed by atoms with van der Waals surface area (Å²) in [6, 6.07) is 4.98. The molecule has 0 spiro atoms. The molecular weight excluding hydrogens is 262 g/mol. The van der Waals surface area contributed by atoms with E-state index in [1.54, 1.807) is 6.92 Å². The molecule has 0 aliphatic heterocycles. The van der Waals surface area contributed by atoms with E-state index >= 15 is 0 Å². The van der Waals surface area contributed by atoms with E-state index in [1.165, 1.54) is 24.3 Å². The highest BCUT2D eigenvalue weighted by Crippen LogP contribution is 2.16. The first-order valence-corrected chi connectivity index (χ1v) is 6.97. The molecule has 1 aromatic rings. The third kappa shape index (κ3) is 3.77.